The lowest BCUT2D eigenvalue weighted by Gasteiger charge is -2.34. The van der Waals surface area contributed by atoms with E-state index in [1.807, 2.05) is 38.1 Å². The van der Waals surface area contributed by atoms with E-state index < -0.39 is 11.9 Å². The maximum Gasteiger partial charge on any atom is 0.308 e. The summed E-state index contributed by atoms with van der Waals surface area (Å²) >= 11 is 0. The van der Waals surface area contributed by atoms with E-state index >= 15 is 0 Å². The van der Waals surface area contributed by atoms with Crippen molar-refractivity contribution in [2.45, 2.75) is 26.9 Å². The quantitative estimate of drug-likeness (QED) is 0.877. The molecule has 1 aliphatic rings. The van der Waals surface area contributed by atoms with Gasteiger partial charge in [0, 0.05) is 24.3 Å². The number of aliphatic carboxylic acids is 1. The Morgan fingerprint density at radius 1 is 1.26 bits per heavy atom. The second-order valence-corrected chi connectivity index (χ2v) is 7.21. The first-order valence-electron chi connectivity index (χ1n) is 9.09. The standard InChI is InChI=1S/C21H24N2O4/c1-14-8-18(21(25)26)12-23(11-14)20(24)17-5-3-4-16(9-17)13-27-19-7-6-15(2)22-10-19/h3-7,9-10,14,18H,8,11-13H2,1-2H3,(H,25,26). The van der Waals surface area contributed by atoms with Crippen LogP contribution >= 0.6 is 0 Å². The highest BCUT2D eigenvalue weighted by Gasteiger charge is 2.32. The largest absolute Gasteiger partial charge is 0.487 e. The van der Waals surface area contributed by atoms with Crippen molar-refractivity contribution in [1.82, 2.24) is 9.88 Å². The van der Waals surface area contributed by atoms with Gasteiger partial charge in [0.1, 0.15) is 12.4 Å². The number of pyridine rings is 1. The van der Waals surface area contributed by atoms with Gasteiger partial charge < -0.3 is 14.7 Å². The Bertz CT molecular complexity index is 819. The van der Waals surface area contributed by atoms with Gasteiger partial charge in [-0.25, -0.2) is 0 Å². The van der Waals surface area contributed by atoms with Crippen LogP contribution in [0.15, 0.2) is 42.6 Å². The maximum absolute atomic E-state index is 12.9. The Hall–Kier alpha value is -2.89. The Kier molecular flexibility index (Phi) is 5.74. The fourth-order valence-corrected chi connectivity index (χ4v) is 3.38. The van der Waals surface area contributed by atoms with Gasteiger partial charge in [-0.15, -0.1) is 0 Å². The third-order valence-corrected chi connectivity index (χ3v) is 4.76. The van der Waals surface area contributed by atoms with Crippen molar-refractivity contribution in [1.29, 1.82) is 0 Å². The van der Waals surface area contributed by atoms with E-state index in [0.717, 1.165) is 11.3 Å². The summed E-state index contributed by atoms with van der Waals surface area (Å²) < 4.78 is 5.73. The fourth-order valence-electron chi connectivity index (χ4n) is 3.38. The molecule has 0 bridgehead atoms. The van der Waals surface area contributed by atoms with E-state index in [9.17, 15) is 14.7 Å². The molecule has 6 nitrogen and oxygen atoms in total. The lowest BCUT2D eigenvalue weighted by Crippen LogP contribution is -2.45. The Balaban J connectivity index is 1.67. The molecule has 142 valence electrons. The maximum atomic E-state index is 12.9. The molecule has 2 unspecified atom stereocenters. The number of hydrogen-bond acceptors (Lipinski definition) is 4. The van der Waals surface area contributed by atoms with Gasteiger partial charge >= 0.3 is 5.97 Å². The van der Waals surface area contributed by atoms with Crippen LogP contribution in [0.3, 0.4) is 0 Å². The van der Waals surface area contributed by atoms with Crippen molar-refractivity contribution in [3.05, 3.63) is 59.4 Å². The average Bonchev–Trinajstić information content (AvgIpc) is 2.66. The van der Waals surface area contributed by atoms with Crippen LogP contribution < -0.4 is 4.74 Å². The first-order valence-corrected chi connectivity index (χ1v) is 9.09. The second kappa shape index (κ2) is 8.20. The van der Waals surface area contributed by atoms with Gasteiger partial charge in [-0.05, 0) is 49.1 Å². The van der Waals surface area contributed by atoms with E-state index in [1.54, 1.807) is 23.2 Å². The molecule has 1 aromatic carbocycles. The summed E-state index contributed by atoms with van der Waals surface area (Å²) in [5, 5.41) is 9.31. The molecule has 6 heteroatoms. The number of piperidine rings is 1. The predicted octanol–water partition coefficient (Wildman–Crippen LogP) is 3.15. The third-order valence-electron chi connectivity index (χ3n) is 4.76. The third kappa shape index (κ3) is 4.84. The van der Waals surface area contributed by atoms with Crippen molar-refractivity contribution in [2.75, 3.05) is 13.1 Å². The molecular formula is C21H24N2O4. The molecule has 2 aromatic rings. The van der Waals surface area contributed by atoms with E-state index in [4.69, 9.17) is 4.74 Å². The highest BCUT2D eigenvalue weighted by atomic mass is 16.5. The van der Waals surface area contributed by atoms with E-state index in [-0.39, 0.29) is 18.4 Å². The molecule has 1 aromatic heterocycles. The van der Waals surface area contributed by atoms with Crippen molar-refractivity contribution in [3.8, 4) is 5.75 Å². The van der Waals surface area contributed by atoms with Crippen LogP contribution in [0, 0.1) is 18.8 Å². The number of rotatable bonds is 5. The Labute approximate surface area is 158 Å². The molecule has 1 saturated heterocycles. The number of carboxylic acids is 1. The van der Waals surface area contributed by atoms with Crippen molar-refractivity contribution < 1.29 is 19.4 Å². The van der Waals surface area contributed by atoms with Gasteiger partial charge in [0.15, 0.2) is 0 Å². The molecule has 2 heterocycles. The molecule has 1 amide bonds. The zero-order valence-corrected chi connectivity index (χ0v) is 15.6. The highest BCUT2D eigenvalue weighted by molar-refractivity contribution is 5.94. The molecule has 0 spiro atoms. The van der Waals surface area contributed by atoms with Crippen molar-refractivity contribution in [2.24, 2.45) is 11.8 Å². The molecule has 1 N–H and O–H groups in total. The molecular weight excluding hydrogens is 344 g/mol. The number of carbonyl (C=O) groups excluding carboxylic acids is 1. The van der Waals surface area contributed by atoms with Crippen LogP contribution in [-0.4, -0.2) is 40.0 Å². The topological polar surface area (TPSA) is 79.7 Å². The van der Waals surface area contributed by atoms with Crippen LogP contribution in [-0.2, 0) is 11.4 Å². The second-order valence-electron chi connectivity index (χ2n) is 7.21. The zero-order chi connectivity index (χ0) is 19.4. The first-order chi connectivity index (χ1) is 12.9. The van der Waals surface area contributed by atoms with Crippen LogP contribution in [0.4, 0.5) is 0 Å². The summed E-state index contributed by atoms with van der Waals surface area (Å²) in [6, 6.07) is 11.0. The summed E-state index contributed by atoms with van der Waals surface area (Å²) in [5.74, 6) is -0.631. The number of hydrogen-bond donors (Lipinski definition) is 1. The molecule has 3 rings (SSSR count). The van der Waals surface area contributed by atoms with Gasteiger partial charge in [-0.1, -0.05) is 19.1 Å². The monoisotopic (exact) mass is 368 g/mol. The number of benzene rings is 1. The number of nitrogens with zero attached hydrogens (tertiary/aromatic N) is 2. The molecule has 0 saturated carbocycles. The molecule has 0 radical (unpaired) electrons. The molecule has 0 aliphatic carbocycles. The lowest BCUT2D eigenvalue weighted by molar-refractivity contribution is -0.143. The molecule has 1 aliphatic heterocycles. The SMILES string of the molecule is Cc1ccc(OCc2cccc(C(=O)N3CC(C)CC(C(=O)O)C3)c2)cn1. The van der Waals surface area contributed by atoms with Gasteiger partial charge in [0.05, 0.1) is 12.1 Å². The van der Waals surface area contributed by atoms with Gasteiger partial charge in [0.25, 0.3) is 5.91 Å². The Morgan fingerprint density at radius 2 is 2.07 bits per heavy atom. The van der Waals surface area contributed by atoms with E-state index in [1.165, 1.54) is 0 Å². The molecule has 27 heavy (non-hydrogen) atoms. The first kappa shape index (κ1) is 18.9. The molecule has 1 fully saturated rings. The van der Waals surface area contributed by atoms with Crippen LogP contribution in [0.5, 0.6) is 5.75 Å². The lowest BCUT2D eigenvalue weighted by atomic mass is 9.90. The number of aromatic nitrogens is 1. The number of ether oxygens (including phenoxy) is 1. The summed E-state index contributed by atoms with van der Waals surface area (Å²) in [6.07, 6.45) is 2.28. The van der Waals surface area contributed by atoms with Gasteiger partial charge in [-0.2, -0.15) is 0 Å². The van der Waals surface area contributed by atoms with E-state index in [2.05, 4.69) is 4.98 Å². The van der Waals surface area contributed by atoms with Crippen molar-refractivity contribution in [3.63, 3.8) is 0 Å². The fraction of sp³-hybridized carbons (Fsp3) is 0.381. The highest BCUT2D eigenvalue weighted by Crippen LogP contribution is 2.23. The number of aryl methyl sites for hydroxylation is 1. The van der Waals surface area contributed by atoms with Crippen LogP contribution in [0.2, 0.25) is 0 Å². The summed E-state index contributed by atoms with van der Waals surface area (Å²) in [7, 11) is 0. The summed E-state index contributed by atoms with van der Waals surface area (Å²) in [6.45, 7) is 5.07. The minimum absolute atomic E-state index is 0.133. The van der Waals surface area contributed by atoms with Gasteiger partial charge in [-0.3, -0.25) is 14.6 Å². The smallest absolute Gasteiger partial charge is 0.308 e. The minimum Gasteiger partial charge on any atom is -0.487 e. The van der Waals surface area contributed by atoms with Gasteiger partial charge in [0.2, 0.25) is 0 Å². The minimum atomic E-state index is -0.840. The summed E-state index contributed by atoms with van der Waals surface area (Å²) in [4.78, 5) is 30.0. The average molecular weight is 368 g/mol. The Morgan fingerprint density at radius 3 is 2.78 bits per heavy atom. The van der Waals surface area contributed by atoms with Crippen molar-refractivity contribution >= 4 is 11.9 Å². The molecule has 2 atom stereocenters. The zero-order valence-electron chi connectivity index (χ0n) is 15.6. The summed E-state index contributed by atoms with van der Waals surface area (Å²) in [5.41, 5.74) is 2.35. The number of carboxylic acid groups (broad SMARTS) is 1. The van der Waals surface area contributed by atoms with Crippen LogP contribution in [0.1, 0.15) is 35.0 Å². The predicted molar refractivity (Wildman–Crippen MR) is 101 cm³/mol. The number of carbonyl (C=O) groups is 2. The van der Waals surface area contributed by atoms with E-state index in [0.29, 0.717) is 30.9 Å². The normalized spacial score (nSPS) is 19.6. The number of amides is 1. The number of likely N-dealkylation sites (tertiary alicyclic amines) is 1. The van der Waals surface area contributed by atoms with Crippen LogP contribution in [0.25, 0.3) is 0 Å².